The predicted molar refractivity (Wildman–Crippen MR) is 112 cm³/mol. The maximum Gasteiger partial charge on any atom is 0.339 e. The Morgan fingerprint density at radius 2 is 1.62 bits per heavy atom. The van der Waals surface area contributed by atoms with Gasteiger partial charge >= 0.3 is 10.1 Å². The normalized spacial score (nSPS) is 12.2. The van der Waals surface area contributed by atoms with Crippen LogP contribution in [0.4, 0.5) is 11.4 Å². The van der Waals surface area contributed by atoms with Gasteiger partial charge in [-0.15, -0.1) is 0 Å². The molecular formula is C19H16ClN2O5S2-. The molecule has 0 heterocycles. The Bertz CT molecular complexity index is 1110. The Morgan fingerprint density at radius 3 is 2.28 bits per heavy atom. The molecule has 0 amide bonds. The second-order valence-electron chi connectivity index (χ2n) is 5.87. The van der Waals surface area contributed by atoms with Crippen LogP contribution in [0.3, 0.4) is 0 Å². The third kappa shape index (κ3) is 5.94. The average molecular weight is 452 g/mol. The summed E-state index contributed by atoms with van der Waals surface area (Å²) in [6.07, 6.45) is 0. The van der Waals surface area contributed by atoms with Crippen molar-refractivity contribution in [3.8, 4) is 5.75 Å². The van der Waals surface area contributed by atoms with E-state index in [1.165, 1.54) is 12.1 Å². The average Bonchev–Trinajstić information content (AvgIpc) is 2.67. The first-order valence-corrected chi connectivity index (χ1v) is 11.2. The smallest absolute Gasteiger partial charge is 0.339 e. The first-order valence-electron chi connectivity index (χ1n) is 8.31. The molecule has 152 valence electrons. The van der Waals surface area contributed by atoms with Gasteiger partial charge in [0, 0.05) is 34.2 Å². The van der Waals surface area contributed by atoms with Crippen LogP contribution in [-0.4, -0.2) is 17.2 Å². The van der Waals surface area contributed by atoms with Crippen molar-refractivity contribution in [3.63, 3.8) is 0 Å². The summed E-state index contributed by atoms with van der Waals surface area (Å²) in [6, 6.07) is 19.1. The van der Waals surface area contributed by atoms with E-state index >= 15 is 0 Å². The van der Waals surface area contributed by atoms with Crippen LogP contribution in [0.25, 0.3) is 0 Å². The SMILES string of the molecule is O=S([O-])Nc1ccc(NCc2cc(Cl)ccc2S(=O)(=O)Oc2ccccc2)cc1. The third-order valence-electron chi connectivity index (χ3n) is 3.81. The molecule has 0 aromatic heterocycles. The fourth-order valence-electron chi connectivity index (χ4n) is 2.53. The summed E-state index contributed by atoms with van der Waals surface area (Å²) in [5, 5.41) is 3.47. The highest BCUT2D eigenvalue weighted by atomic mass is 35.5. The zero-order valence-electron chi connectivity index (χ0n) is 14.9. The van der Waals surface area contributed by atoms with Crippen molar-refractivity contribution in [2.45, 2.75) is 11.4 Å². The topological polar surface area (TPSA) is 108 Å². The van der Waals surface area contributed by atoms with Gasteiger partial charge in [0.1, 0.15) is 10.6 Å². The van der Waals surface area contributed by atoms with Crippen molar-refractivity contribution in [1.82, 2.24) is 0 Å². The molecule has 0 bridgehead atoms. The number of anilines is 2. The molecule has 0 saturated heterocycles. The van der Waals surface area contributed by atoms with Gasteiger partial charge in [0.15, 0.2) is 0 Å². The number of nitrogens with one attached hydrogen (secondary N) is 2. The van der Waals surface area contributed by atoms with Crippen LogP contribution in [-0.2, 0) is 27.9 Å². The Labute approximate surface area is 176 Å². The summed E-state index contributed by atoms with van der Waals surface area (Å²) >= 11 is 3.64. The highest BCUT2D eigenvalue weighted by Gasteiger charge is 2.21. The summed E-state index contributed by atoms with van der Waals surface area (Å²) in [7, 11) is -4.06. The van der Waals surface area contributed by atoms with Crippen LogP contribution in [0.15, 0.2) is 77.7 Å². The van der Waals surface area contributed by atoms with Gasteiger partial charge in [0.2, 0.25) is 0 Å². The van der Waals surface area contributed by atoms with Gasteiger partial charge in [-0.25, -0.2) is 0 Å². The lowest BCUT2D eigenvalue weighted by molar-refractivity contribution is 0.485. The van der Waals surface area contributed by atoms with Gasteiger partial charge in [-0.05, 0) is 60.2 Å². The van der Waals surface area contributed by atoms with E-state index in [9.17, 15) is 17.2 Å². The minimum atomic E-state index is -4.06. The molecule has 10 heteroatoms. The van der Waals surface area contributed by atoms with Crippen molar-refractivity contribution >= 4 is 44.4 Å². The third-order valence-corrected chi connectivity index (χ3v) is 5.80. The van der Waals surface area contributed by atoms with Crippen LogP contribution in [0, 0.1) is 0 Å². The molecule has 7 nitrogen and oxygen atoms in total. The zero-order valence-corrected chi connectivity index (χ0v) is 17.3. The van der Waals surface area contributed by atoms with E-state index in [-0.39, 0.29) is 17.2 Å². The van der Waals surface area contributed by atoms with Gasteiger partial charge < -0.3 is 18.8 Å². The first kappa shape index (κ1) is 21.1. The number of rotatable bonds is 8. The summed E-state index contributed by atoms with van der Waals surface area (Å²) in [5.41, 5.74) is 1.50. The van der Waals surface area contributed by atoms with Crippen LogP contribution in [0.2, 0.25) is 5.02 Å². The summed E-state index contributed by atoms with van der Waals surface area (Å²) in [4.78, 5) is -0.00158. The molecule has 0 aliphatic carbocycles. The largest absolute Gasteiger partial charge is 0.755 e. The molecule has 3 aromatic carbocycles. The molecule has 1 unspecified atom stereocenters. The first-order chi connectivity index (χ1) is 13.8. The molecule has 0 saturated carbocycles. The van der Waals surface area contributed by atoms with Gasteiger partial charge in [-0.2, -0.15) is 8.42 Å². The summed E-state index contributed by atoms with van der Waals surface area (Å²) in [5.74, 6) is 0.209. The van der Waals surface area contributed by atoms with E-state index in [4.69, 9.17) is 15.8 Å². The minimum Gasteiger partial charge on any atom is -0.755 e. The number of para-hydroxylation sites is 1. The molecule has 3 rings (SSSR count). The van der Waals surface area contributed by atoms with Crippen molar-refractivity contribution < 1.29 is 21.4 Å². The Balaban J connectivity index is 1.79. The van der Waals surface area contributed by atoms with E-state index in [1.54, 1.807) is 60.7 Å². The molecular weight excluding hydrogens is 436 g/mol. The minimum absolute atomic E-state index is 0.00158. The molecule has 3 aromatic rings. The molecule has 0 aliphatic heterocycles. The highest BCUT2D eigenvalue weighted by molar-refractivity contribution is 7.87. The van der Waals surface area contributed by atoms with Crippen molar-refractivity contribution in [2.24, 2.45) is 0 Å². The quantitative estimate of drug-likeness (QED) is 0.397. The van der Waals surface area contributed by atoms with Crippen LogP contribution in [0.5, 0.6) is 5.75 Å². The van der Waals surface area contributed by atoms with Crippen LogP contribution in [0.1, 0.15) is 5.56 Å². The van der Waals surface area contributed by atoms with Crippen LogP contribution >= 0.6 is 11.6 Å². The summed E-state index contributed by atoms with van der Waals surface area (Å²) < 4.78 is 54.2. The van der Waals surface area contributed by atoms with E-state index in [1.807, 2.05) is 0 Å². The van der Waals surface area contributed by atoms with E-state index in [2.05, 4.69) is 10.0 Å². The molecule has 0 fully saturated rings. The molecule has 1 atom stereocenters. The predicted octanol–water partition coefficient (Wildman–Crippen LogP) is 3.93. The number of benzene rings is 3. The van der Waals surface area contributed by atoms with Gasteiger partial charge in [0.05, 0.1) is 0 Å². The molecule has 0 aliphatic rings. The number of halogens is 1. The van der Waals surface area contributed by atoms with Gasteiger partial charge in [-0.3, -0.25) is 4.21 Å². The Kier molecular flexibility index (Phi) is 6.75. The Morgan fingerprint density at radius 1 is 0.966 bits per heavy atom. The zero-order chi connectivity index (χ0) is 20.9. The second-order valence-corrected chi connectivity index (χ2v) is 8.49. The molecule has 0 spiro atoms. The lowest BCUT2D eigenvalue weighted by Crippen LogP contribution is -2.14. The van der Waals surface area contributed by atoms with Crippen molar-refractivity contribution in [3.05, 3.63) is 83.4 Å². The van der Waals surface area contributed by atoms with E-state index in [0.29, 0.717) is 22.0 Å². The molecule has 2 N–H and O–H groups in total. The van der Waals surface area contributed by atoms with E-state index in [0.717, 1.165) is 0 Å². The van der Waals surface area contributed by atoms with E-state index < -0.39 is 21.4 Å². The monoisotopic (exact) mass is 451 g/mol. The fraction of sp³-hybridized carbons (Fsp3) is 0.0526. The lowest BCUT2D eigenvalue weighted by atomic mass is 10.2. The Hall–Kier alpha value is -2.59. The van der Waals surface area contributed by atoms with Crippen LogP contribution < -0.4 is 14.2 Å². The van der Waals surface area contributed by atoms with Crippen molar-refractivity contribution in [1.29, 1.82) is 0 Å². The number of hydrogen-bond donors (Lipinski definition) is 2. The number of hydrogen-bond acceptors (Lipinski definition) is 6. The van der Waals surface area contributed by atoms with Crippen molar-refractivity contribution in [2.75, 3.05) is 10.0 Å². The van der Waals surface area contributed by atoms with Gasteiger partial charge in [0.25, 0.3) is 0 Å². The fourth-order valence-corrected chi connectivity index (χ4v) is 4.19. The standard InChI is InChI=1S/C19H17ClN2O5S2/c20-15-6-11-19(29(25,26)27-18-4-2-1-3-5-18)14(12-15)13-21-16-7-9-17(10-8-16)22-28(23)24/h1-12,21-22H,13H2,(H,23,24)/p-1. The second kappa shape index (κ2) is 9.27. The maximum atomic E-state index is 12.7. The maximum absolute atomic E-state index is 12.7. The molecule has 0 radical (unpaired) electrons. The van der Waals surface area contributed by atoms with Gasteiger partial charge in [-0.1, -0.05) is 29.8 Å². The lowest BCUT2D eigenvalue weighted by Gasteiger charge is -2.14. The molecule has 29 heavy (non-hydrogen) atoms. The highest BCUT2D eigenvalue weighted by Crippen LogP contribution is 2.25. The summed E-state index contributed by atoms with van der Waals surface area (Å²) in [6.45, 7) is 0.160.